The minimum Gasteiger partial charge on any atom is -0.494 e. The number of aromatic nitrogens is 2. The van der Waals surface area contributed by atoms with Crippen LogP contribution in [0.25, 0.3) is 0 Å². The molecule has 10 heteroatoms. The van der Waals surface area contributed by atoms with Gasteiger partial charge in [0.15, 0.2) is 0 Å². The Morgan fingerprint density at radius 1 is 1.22 bits per heavy atom. The summed E-state index contributed by atoms with van der Waals surface area (Å²) in [5.74, 6) is -0.507. The molecule has 0 amide bonds. The normalized spacial score (nSPS) is 10.9. The number of hydrogen-bond acceptors (Lipinski definition) is 7. The molecule has 0 bridgehead atoms. The van der Waals surface area contributed by atoms with Crippen molar-refractivity contribution in [3.05, 3.63) is 60.8 Å². The average molecular weight is 319 g/mol. The van der Waals surface area contributed by atoms with Crippen LogP contribution < -0.4 is 16.7 Å². The molecule has 2 N–H and O–H groups in total. The van der Waals surface area contributed by atoms with Crippen LogP contribution in [-0.4, -0.2) is 25.4 Å². The second-order valence-electron chi connectivity index (χ2n) is 4.62. The lowest BCUT2D eigenvalue weighted by molar-refractivity contribution is -0.384. The lowest BCUT2D eigenvalue weighted by Gasteiger charge is -2.07. The number of rotatable bonds is 4. The summed E-state index contributed by atoms with van der Waals surface area (Å²) >= 11 is 0. The molecule has 0 spiro atoms. The standard InChI is InChI=1S/C13H13N5O5/c1-16-11(19)10(12(20)17(2)13(16)21)7-14-15-8-3-5-9(6-4-8)18(22)23/h3-7,15,19H,1-2H3/b14-7+. The SMILES string of the molecule is Cn1c(O)c(/C=N/Nc2ccc([N+](=O)[O-])cc2)c(=O)n(C)c1=O. The third-order valence-electron chi connectivity index (χ3n) is 3.13. The summed E-state index contributed by atoms with van der Waals surface area (Å²) < 4.78 is 1.75. The fourth-order valence-electron chi connectivity index (χ4n) is 1.80. The number of benzene rings is 1. The molecule has 0 radical (unpaired) electrons. The van der Waals surface area contributed by atoms with Crippen LogP contribution in [0.1, 0.15) is 5.56 Å². The zero-order valence-corrected chi connectivity index (χ0v) is 12.3. The molecule has 0 atom stereocenters. The highest BCUT2D eigenvalue weighted by atomic mass is 16.6. The van der Waals surface area contributed by atoms with Crippen molar-refractivity contribution in [2.75, 3.05) is 5.43 Å². The number of nitro benzene ring substituents is 1. The maximum atomic E-state index is 11.9. The van der Waals surface area contributed by atoms with E-state index in [1.54, 1.807) is 0 Å². The number of nitro groups is 1. The minimum absolute atomic E-state index is 0.0656. The molecule has 0 aliphatic heterocycles. The second kappa shape index (κ2) is 6.13. The molecular weight excluding hydrogens is 306 g/mol. The van der Waals surface area contributed by atoms with E-state index in [2.05, 4.69) is 10.5 Å². The molecule has 1 aromatic carbocycles. The van der Waals surface area contributed by atoms with Gasteiger partial charge in [-0.2, -0.15) is 5.10 Å². The van der Waals surface area contributed by atoms with Gasteiger partial charge in [-0.1, -0.05) is 0 Å². The van der Waals surface area contributed by atoms with Gasteiger partial charge in [0, 0.05) is 26.2 Å². The van der Waals surface area contributed by atoms with Gasteiger partial charge >= 0.3 is 5.69 Å². The summed E-state index contributed by atoms with van der Waals surface area (Å²) in [6.45, 7) is 0. The van der Waals surface area contributed by atoms with Crippen LogP contribution in [-0.2, 0) is 14.1 Å². The topological polar surface area (TPSA) is 132 Å². The maximum absolute atomic E-state index is 11.9. The molecule has 23 heavy (non-hydrogen) atoms. The van der Waals surface area contributed by atoms with E-state index in [9.17, 15) is 24.8 Å². The number of non-ortho nitro benzene ring substituents is 1. The van der Waals surface area contributed by atoms with Gasteiger partial charge in [0.1, 0.15) is 5.56 Å². The summed E-state index contributed by atoms with van der Waals surface area (Å²) in [5, 5.41) is 24.2. The molecule has 2 aromatic rings. The third kappa shape index (κ3) is 3.10. The van der Waals surface area contributed by atoms with Gasteiger partial charge in [0.05, 0.1) is 16.8 Å². The smallest absolute Gasteiger partial charge is 0.333 e. The van der Waals surface area contributed by atoms with Crippen molar-refractivity contribution in [1.82, 2.24) is 9.13 Å². The molecule has 0 aliphatic rings. The first-order chi connectivity index (χ1) is 10.8. The van der Waals surface area contributed by atoms with Crippen LogP contribution in [0.3, 0.4) is 0 Å². The van der Waals surface area contributed by atoms with Crippen molar-refractivity contribution >= 4 is 17.6 Å². The van der Waals surface area contributed by atoms with Gasteiger partial charge in [0.2, 0.25) is 5.88 Å². The van der Waals surface area contributed by atoms with E-state index < -0.39 is 22.1 Å². The van der Waals surface area contributed by atoms with Gasteiger partial charge in [-0.15, -0.1) is 0 Å². The summed E-state index contributed by atoms with van der Waals surface area (Å²) in [7, 11) is 2.60. The summed E-state index contributed by atoms with van der Waals surface area (Å²) in [4.78, 5) is 33.5. The van der Waals surface area contributed by atoms with E-state index in [1.807, 2.05) is 0 Å². The Bertz CT molecular complexity index is 895. The van der Waals surface area contributed by atoms with Crippen molar-refractivity contribution in [2.45, 2.75) is 0 Å². The molecule has 0 fully saturated rings. The summed E-state index contributed by atoms with van der Waals surface area (Å²) in [6.07, 6.45) is 1.07. The number of anilines is 1. The van der Waals surface area contributed by atoms with Gasteiger partial charge in [-0.3, -0.25) is 29.5 Å². The van der Waals surface area contributed by atoms with E-state index in [4.69, 9.17) is 0 Å². The van der Waals surface area contributed by atoms with Crippen molar-refractivity contribution in [3.8, 4) is 5.88 Å². The lowest BCUT2D eigenvalue weighted by atomic mass is 10.3. The number of nitrogens with zero attached hydrogens (tertiary/aromatic N) is 4. The predicted octanol–water partition coefficient (Wildman–Crippen LogP) is 0.144. The molecule has 0 saturated heterocycles. The summed E-state index contributed by atoms with van der Waals surface area (Å²) in [5.41, 5.74) is 1.44. The Morgan fingerprint density at radius 3 is 2.39 bits per heavy atom. The molecule has 0 aliphatic carbocycles. The Kier molecular flexibility index (Phi) is 4.25. The van der Waals surface area contributed by atoms with Crippen molar-refractivity contribution in [1.29, 1.82) is 0 Å². The Hall–Kier alpha value is -3.43. The highest BCUT2D eigenvalue weighted by molar-refractivity contribution is 5.82. The highest BCUT2D eigenvalue weighted by Gasteiger charge is 2.12. The van der Waals surface area contributed by atoms with E-state index in [0.29, 0.717) is 5.69 Å². The second-order valence-corrected chi connectivity index (χ2v) is 4.62. The van der Waals surface area contributed by atoms with E-state index >= 15 is 0 Å². The fraction of sp³-hybridized carbons (Fsp3) is 0.154. The van der Waals surface area contributed by atoms with Crippen molar-refractivity contribution in [3.63, 3.8) is 0 Å². The van der Waals surface area contributed by atoms with Gasteiger partial charge in [0.25, 0.3) is 11.2 Å². The quantitative estimate of drug-likeness (QED) is 0.468. The van der Waals surface area contributed by atoms with Crippen LogP contribution in [0.2, 0.25) is 0 Å². The van der Waals surface area contributed by atoms with E-state index in [0.717, 1.165) is 15.3 Å². The molecule has 2 rings (SSSR count). The molecular formula is C13H13N5O5. The molecule has 0 unspecified atom stereocenters. The average Bonchev–Trinajstić information content (AvgIpc) is 2.54. The first-order valence-corrected chi connectivity index (χ1v) is 6.35. The number of aromatic hydroxyl groups is 1. The van der Waals surface area contributed by atoms with Crippen LogP contribution in [0, 0.1) is 10.1 Å². The van der Waals surface area contributed by atoms with Crippen LogP contribution in [0.15, 0.2) is 39.0 Å². The highest BCUT2D eigenvalue weighted by Crippen LogP contribution is 2.15. The minimum atomic E-state index is -0.695. The van der Waals surface area contributed by atoms with Gasteiger partial charge in [-0.25, -0.2) is 4.79 Å². The fourth-order valence-corrected chi connectivity index (χ4v) is 1.80. The Balaban J connectivity index is 2.26. The lowest BCUT2D eigenvalue weighted by Crippen LogP contribution is -2.38. The van der Waals surface area contributed by atoms with Crippen LogP contribution in [0.5, 0.6) is 5.88 Å². The van der Waals surface area contributed by atoms with Crippen LogP contribution >= 0.6 is 0 Å². The van der Waals surface area contributed by atoms with E-state index in [1.165, 1.54) is 38.4 Å². The first kappa shape index (κ1) is 15.9. The number of hydrogen-bond donors (Lipinski definition) is 2. The first-order valence-electron chi connectivity index (χ1n) is 6.35. The van der Waals surface area contributed by atoms with Crippen molar-refractivity contribution < 1.29 is 10.0 Å². The van der Waals surface area contributed by atoms with Gasteiger partial charge in [-0.05, 0) is 12.1 Å². The zero-order valence-electron chi connectivity index (χ0n) is 12.3. The molecule has 1 aromatic heterocycles. The maximum Gasteiger partial charge on any atom is 0.333 e. The molecule has 0 saturated carbocycles. The zero-order chi connectivity index (χ0) is 17.1. The predicted molar refractivity (Wildman–Crippen MR) is 82.9 cm³/mol. The summed E-state index contributed by atoms with van der Waals surface area (Å²) in [6, 6.07) is 5.46. The van der Waals surface area contributed by atoms with Crippen molar-refractivity contribution in [2.24, 2.45) is 19.2 Å². The Morgan fingerprint density at radius 2 is 1.83 bits per heavy atom. The molecule has 1 heterocycles. The monoisotopic (exact) mass is 319 g/mol. The number of hydrazone groups is 1. The van der Waals surface area contributed by atoms with Gasteiger partial charge < -0.3 is 5.11 Å². The number of nitrogens with one attached hydrogen (secondary N) is 1. The van der Waals surface area contributed by atoms with E-state index in [-0.39, 0.29) is 11.3 Å². The third-order valence-corrected chi connectivity index (χ3v) is 3.13. The Labute approximate surface area is 129 Å². The largest absolute Gasteiger partial charge is 0.494 e. The molecule has 120 valence electrons. The van der Waals surface area contributed by atoms with Crippen LogP contribution in [0.4, 0.5) is 11.4 Å². The molecule has 10 nitrogen and oxygen atoms in total.